The van der Waals surface area contributed by atoms with Crippen molar-refractivity contribution in [2.45, 2.75) is 55.6 Å². The molecule has 0 saturated carbocycles. The van der Waals surface area contributed by atoms with E-state index in [0.29, 0.717) is 26.9 Å². The van der Waals surface area contributed by atoms with Gasteiger partial charge in [-0.25, -0.2) is 17.6 Å². The number of alkyl halides is 3. The van der Waals surface area contributed by atoms with E-state index in [1.54, 1.807) is 0 Å². The number of ether oxygens (including phenoxy) is 3. The van der Waals surface area contributed by atoms with Crippen molar-refractivity contribution in [3.05, 3.63) is 47.2 Å². The van der Waals surface area contributed by atoms with E-state index in [1.807, 2.05) is 0 Å². The fourth-order valence-corrected chi connectivity index (χ4v) is 5.80. The number of benzene rings is 2. The smallest absolute Gasteiger partial charge is 0.427 e. The number of nitrogens with one attached hydrogen (secondary N) is 2. The molecule has 0 unspecified atom stereocenters. The van der Waals surface area contributed by atoms with Crippen LogP contribution in [-0.4, -0.2) is 64.1 Å². The summed E-state index contributed by atoms with van der Waals surface area (Å²) >= 11 is 5.82. The Morgan fingerprint density at radius 3 is 2.54 bits per heavy atom. The van der Waals surface area contributed by atoms with Crippen LogP contribution < -0.4 is 19.7 Å². The summed E-state index contributed by atoms with van der Waals surface area (Å²) in [5, 5.41) is 4.39. The van der Waals surface area contributed by atoms with E-state index in [1.165, 1.54) is 18.2 Å². The number of sulfonamides is 1. The molecule has 0 aliphatic carbocycles. The number of amides is 2. The lowest BCUT2D eigenvalue weighted by Gasteiger charge is -2.36. The molecule has 1 fully saturated rings. The van der Waals surface area contributed by atoms with Crippen LogP contribution in [0.4, 0.5) is 33.7 Å². The minimum atomic E-state index is -4.84. The first-order chi connectivity index (χ1) is 19.1. The maximum atomic E-state index is 13.8. The number of rotatable bonds is 7. The van der Waals surface area contributed by atoms with Gasteiger partial charge in [-0.3, -0.25) is 14.4 Å². The summed E-state index contributed by atoms with van der Waals surface area (Å²) in [5.74, 6) is -1.19. The van der Waals surface area contributed by atoms with Crippen molar-refractivity contribution in [2.24, 2.45) is 0 Å². The van der Waals surface area contributed by atoms with Crippen LogP contribution in [-0.2, 0) is 24.3 Å². The monoisotopic (exact) mass is 623 g/mol. The Labute approximate surface area is 237 Å². The molecule has 0 aromatic heterocycles. The third-order valence-electron chi connectivity index (χ3n) is 6.37. The van der Waals surface area contributed by atoms with E-state index in [0.717, 1.165) is 28.9 Å². The van der Waals surface area contributed by atoms with Crippen molar-refractivity contribution in [3.8, 4) is 5.75 Å². The van der Waals surface area contributed by atoms with Gasteiger partial charge in [-0.2, -0.15) is 13.2 Å². The van der Waals surface area contributed by atoms with Crippen molar-refractivity contribution in [2.75, 3.05) is 29.3 Å². The highest BCUT2D eigenvalue weighted by Crippen LogP contribution is 2.40. The molecule has 2 aliphatic heterocycles. The summed E-state index contributed by atoms with van der Waals surface area (Å²) in [7, 11) is -4.42. The first-order valence-electron chi connectivity index (χ1n) is 12.3. The molecule has 41 heavy (non-hydrogen) atoms. The standard InChI is InChI=1S/C25H26ClF4N3O7S/c1-24(2,25(28,29)30)40-23(35)32-14-5-8-20-19(10-14)33(41(36,37)16-6-7-18(27)17(26)11-16)13-15(39-20)12-31-22(34)21-4-3-9-38-21/h5-8,10-11,15,21H,3-4,9,12-13H2,1-2H3,(H,31,34)(H,32,35)/t15-,21-/m0/s1. The Morgan fingerprint density at radius 1 is 1.17 bits per heavy atom. The molecule has 0 radical (unpaired) electrons. The maximum Gasteiger partial charge on any atom is 0.427 e. The van der Waals surface area contributed by atoms with Crippen LogP contribution in [0.5, 0.6) is 5.75 Å². The van der Waals surface area contributed by atoms with Gasteiger partial charge in [-0.15, -0.1) is 0 Å². The van der Waals surface area contributed by atoms with E-state index in [4.69, 9.17) is 21.1 Å². The second-order valence-electron chi connectivity index (χ2n) is 9.80. The van der Waals surface area contributed by atoms with Crippen molar-refractivity contribution in [1.29, 1.82) is 0 Å². The normalized spacial score (nSPS) is 19.2. The van der Waals surface area contributed by atoms with Crippen LogP contribution in [0.25, 0.3) is 0 Å². The first-order valence-corrected chi connectivity index (χ1v) is 14.1. The molecule has 2 atom stereocenters. The minimum Gasteiger partial charge on any atom is -0.484 e. The Bertz CT molecular complexity index is 1430. The van der Waals surface area contributed by atoms with Crippen LogP contribution in [0.15, 0.2) is 41.3 Å². The molecule has 10 nitrogen and oxygen atoms in total. The molecule has 2 amide bonds. The predicted octanol–water partition coefficient (Wildman–Crippen LogP) is 4.62. The summed E-state index contributed by atoms with van der Waals surface area (Å²) in [6.07, 6.45) is -6.50. The zero-order valence-electron chi connectivity index (χ0n) is 21.8. The average molecular weight is 624 g/mol. The fraction of sp³-hybridized carbons (Fsp3) is 0.440. The van der Waals surface area contributed by atoms with E-state index in [9.17, 15) is 35.6 Å². The molecule has 16 heteroatoms. The molecule has 1 saturated heterocycles. The lowest BCUT2D eigenvalue weighted by atomic mass is 10.1. The Hall–Kier alpha value is -3.30. The summed E-state index contributed by atoms with van der Waals surface area (Å²) in [6, 6.07) is 6.56. The van der Waals surface area contributed by atoms with E-state index < -0.39 is 50.9 Å². The lowest BCUT2D eigenvalue weighted by Crippen LogP contribution is -2.49. The molecule has 2 aromatic carbocycles. The number of carbonyl (C=O) groups excluding carboxylic acids is 2. The molecule has 4 rings (SSSR count). The highest BCUT2D eigenvalue weighted by molar-refractivity contribution is 7.92. The SMILES string of the molecule is CC(C)(OC(=O)Nc1ccc2c(c1)N(S(=O)(=O)c1ccc(F)c(Cl)c1)C[C@H](CNC(=O)[C@@H]1CCCO1)O2)C(F)(F)F. The van der Waals surface area contributed by atoms with Gasteiger partial charge >= 0.3 is 12.3 Å². The van der Waals surface area contributed by atoms with E-state index in [2.05, 4.69) is 15.4 Å². The van der Waals surface area contributed by atoms with E-state index in [-0.39, 0.29) is 41.0 Å². The van der Waals surface area contributed by atoms with Crippen molar-refractivity contribution >= 4 is 45.0 Å². The Morgan fingerprint density at radius 2 is 1.90 bits per heavy atom. The van der Waals surface area contributed by atoms with Gasteiger partial charge in [0.15, 0.2) is 0 Å². The molecule has 2 N–H and O–H groups in total. The van der Waals surface area contributed by atoms with Gasteiger partial charge in [0.25, 0.3) is 10.0 Å². The maximum absolute atomic E-state index is 13.8. The molecule has 2 heterocycles. The highest BCUT2D eigenvalue weighted by Gasteiger charge is 2.51. The third kappa shape index (κ3) is 6.79. The van der Waals surface area contributed by atoms with Crippen LogP contribution >= 0.6 is 11.6 Å². The van der Waals surface area contributed by atoms with Gasteiger partial charge in [0, 0.05) is 12.3 Å². The quantitative estimate of drug-likeness (QED) is 0.432. The van der Waals surface area contributed by atoms with Crippen LogP contribution in [0, 0.1) is 5.82 Å². The predicted molar refractivity (Wildman–Crippen MR) is 139 cm³/mol. The summed E-state index contributed by atoms with van der Waals surface area (Å²) in [4.78, 5) is 24.3. The van der Waals surface area contributed by atoms with Gasteiger partial charge in [0.05, 0.1) is 28.7 Å². The van der Waals surface area contributed by atoms with Crippen LogP contribution in [0.2, 0.25) is 5.02 Å². The Balaban J connectivity index is 1.62. The number of hydrogen-bond acceptors (Lipinski definition) is 7. The molecule has 224 valence electrons. The topological polar surface area (TPSA) is 123 Å². The number of nitrogens with zero attached hydrogens (tertiary/aromatic N) is 1. The molecule has 2 aromatic rings. The number of fused-ring (bicyclic) bond motifs is 1. The summed E-state index contributed by atoms with van der Waals surface area (Å²) in [6.45, 7) is 1.38. The van der Waals surface area contributed by atoms with Gasteiger partial charge in [-0.05, 0) is 63.1 Å². The van der Waals surface area contributed by atoms with Crippen LogP contribution in [0.3, 0.4) is 0 Å². The zero-order valence-corrected chi connectivity index (χ0v) is 23.3. The third-order valence-corrected chi connectivity index (χ3v) is 8.44. The number of hydrogen-bond donors (Lipinski definition) is 2. The minimum absolute atomic E-state index is 0.0268. The van der Waals surface area contributed by atoms with Gasteiger partial charge < -0.3 is 19.5 Å². The summed E-state index contributed by atoms with van der Waals surface area (Å²) < 4.78 is 97.2. The second-order valence-corrected chi connectivity index (χ2v) is 12.1. The molecule has 0 spiro atoms. The number of carbonyl (C=O) groups is 2. The summed E-state index contributed by atoms with van der Waals surface area (Å²) in [5.41, 5.74) is -2.98. The molecule has 2 aliphatic rings. The van der Waals surface area contributed by atoms with Crippen molar-refractivity contribution in [1.82, 2.24) is 5.32 Å². The lowest BCUT2D eigenvalue weighted by molar-refractivity contribution is -0.242. The number of anilines is 2. The van der Waals surface area contributed by atoms with Crippen molar-refractivity contribution in [3.63, 3.8) is 0 Å². The van der Waals surface area contributed by atoms with Gasteiger partial charge in [-0.1, -0.05) is 11.6 Å². The Kier molecular flexibility index (Phi) is 8.62. The number of halogens is 5. The van der Waals surface area contributed by atoms with Gasteiger partial charge in [0.1, 0.15) is 23.8 Å². The van der Waals surface area contributed by atoms with Gasteiger partial charge in [0.2, 0.25) is 11.5 Å². The van der Waals surface area contributed by atoms with Crippen molar-refractivity contribution < 1.29 is 49.8 Å². The molecular weight excluding hydrogens is 598 g/mol. The molecular formula is C25H26ClF4N3O7S. The highest BCUT2D eigenvalue weighted by atomic mass is 35.5. The molecule has 0 bridgehead atoms. The fourth-order valence-electron chi connectivity index (χ4n) is 4.03. The average Bonchev–Trinajstić information content (AvgIpc) is 3.42. The van der Waals surface area contributed by atoms with Crippen LogP contribution in [0.1, 0.15) is 26.7 Å². The second kappa shape index (κ2) is 11.5. The largest absolute Gasteiger partial charge is 0.484 e. The first kappa shape index (κ1) is 30.7. The zero-order chi connectivity index (χ0) is 30.2. The van der Waals surface area contributed by atoms with E-state index >= 15 is 0 Å².